The molecule has 3 rings (SSSR count). The van der Waals surface area contributed by atoms with Gasteiger partial charge in [-0.05, 0) is 30.3 Å². The first kappa shape index (κ1) is 14.6. The van der Waals surface area contributed by atoms with E-state index >= 15 is 0 Å². The summed E-state index contributed by atoms with van der Waals surface area (Å²) >= 11 is 0. The highest BCUT2D eigenvalue weighted by molar-refractivity contribution is 6.05. The van der Waals surface area contributed by atoms with Crippen molar-refractivity contribution < 1.29 is 14.6 Å². The summed E-state index contributed by atoms with van der Waals surface area (Å²) in [5.41, 5.74) is 4.15. The number of ether oxygens (including phenoxy) is 1. The standard InChI is InChI=1S/C17H15N3O3/c1-23-13-5-6-15(21)12(9-13)10-19-20-17(22)14-4-2-3-11-7-8-18-16(11)14/h2-10,18,21H,1H3,(H,20,22)/b19-10+. The van der Waals surface area contributed by atoms with Crippen molar-refractivity contribution in [2.24, 2.45) is 5.10 Å². The van der Waals surface area contributed by atoms with Crippen LogP contribution in [0.25, 0.3) is 10.9 Å². The first-order valence-electron chi connectivity index (χ1n) is 6.95. The number of aromatic amines is 1. The maximum absolute atomic E-state index is 12.2. The minimum atomic E-state index is -0.336. The third-order valence-electron chi connectivity index (χ3n) is 3.44. The number of methoxy groups -OCH3 is 1. The van der Waals surface area contributed by atoms with E-state index in [4.69, 9.17) is 4.74 Å². The molecule has 0 saturated carbocycles. The Morgan fingerprint density at radius 2 is 2.17 bits per heavy atom. The summed E-state index contributed by atoms with van der Waals surface area (Å²) in [6, 6.07) is 12.1. The van der Waals surface area contributed by atoms with Crippen LogP contribution in [0.15, 0.2) is 53.8 Å². The van der Waals surface area contributed by atoms with E-state index in [2.05, 4.69) is 15.5 Å². The Balaban J connectivity index is 1.78. The molecule has 0 bridgehead atoms. The maximum atomic E-state index is 12.2. The molecular weight excluding hydrogens is 294 g/mol. The Labute approximate surface area is 132 Å². The van der Waals surface area contributed by atoms with Gasteiger partial charge in [-0.25, -0.2) is 5.43 Å². The van der Waals surface area contributed by atoms with Gasteiger partial charge in [0.2, 0.25) is 0 Å². The van der Waals surface area contributed by atoms with E-state index in [1.807, 2.05) is 18.2 Å². The largest absolute Gasteiger partial charge is 0.507 e. The molecule has 116 valence electrons. The number of hydrogen-bond acceptors (Lipinski definition) is 4. The van der Waals surface area contributed by atoms with E-state index < -0.39 is 0 Å². The molecule has 0 saturated heterocycles. The number of carbonyl (C=O) groups excluding carboxylic acids is 1. The summed E-state index contributed by atoms with van der Waals surface area (Å²) in [5.74, 6) is 0.304. The molecule has 0 aliphatic rings. The van der Waals surface area contributed by atoms with Crippen LogP contribution in [0.4, 0.5) is 0 Å². The van der Waals surface area contributed by atoms with Gasteiger partial charge in [-0.1, -0.05) is 12.1 Å². The van der Waals surface area contributed by atoms with Crippen molar-refractivity contribution in [3.8, 4) is 11.5 Å². The van der Waals surface area contributed by atoms with Crippen LogP contribution < -0.4 is 10.2 Å². The zero-order valence-corrected chi connectivity index (χ0v) is 12.4. The highest BCUT2D eigenvalue weighted by Crippen LogP contribution is 2.21. The van der Waals surface area contributed by atoms with Gasteiger partial charge in [0.15, 0.2) is 0 Å². The van der Waals surface area contributed by atoms with Crippen LogP contribution in [-0.4, -0.2) is 29.3 Å². The van der Waals surface area contributed by atoms with Crippen LogP contribution in [0.3, 0.4) is 0 Å². The number of carbonyl (C=O) groups is 1. The number of hydrogen-bond donors (Lipinski definition) is 3. The molecule has 0 radical (unpaired) electrons. The van der Waals surface area contributed by atoms with Gasteiger partial charge in [0.1, 0.15) is 11.5 Å². The number of H-pyrrole nitrogens is 1. The number of aromatic nitrogens is 1. The molecule has 6 heteroatoms. The van der Waals surface area contributed by atoms with E-state index in [1.54, 1.807) is 24.4 Å². The minimum absolute atomic E-state index is 0.0512. The summed E-state index contributed by atoms with van der Waals surface area (Å²) in [4.78, 5) is 15.3. The van der Waals surface area contributed by atoms with Crippen molar-refractivity contribution in [2.75, 3.05) is 7.11 Å². The van der Waals surface area contributed by atoms with Crippen molar-refractivity contribution in [1.29, 1.82) is 0 Å². The average molecular weight is 309 g/mol. The monoisotopic (exact) mass is 309 g/mol. The lowest BCUT2D eigenvalue weighted by Crippen LogP contribution is -2.18. The first-order valence-corrected chi connectivity index (χ1v) is 6.95. The van der Waals surface area contributed by atoms with Crippen molar-refractivity contribution >= 4 is 23.0 Å². The quantitative estimate of drug-likeness (QED) is 0.511. The lowest BCUT2D eigenvalue weighted by Gasteiger charge is -2.04. The predicted molar refractivity (Wildman–Crippen MR) is 88.0 cm³/mol. The summed E-state index contributed by atoms with van der Waals surface area (Å²) in [6.45, 7) is 0. The number of amides is 1. The lowest BCUT2D eigenvalue weighted by molar-refractivity contribution is 0.0956. The van der Waals surface area contributed by atoms with Crippen LogP contribution in [0.5, 0.6) is 11.5 Å². The molecule has 2 aromatic carbocycles. The zero-order chi connectivity index (χ0) is 16.2. The molecule has 1 aromatic heterocycles. The normalized spacial score (nSPS) is 11.0. The molecule has 0 aliphatic heterocycles. The molecule has 1 heterocycles. The second kappa shape index (κ2) is 6.23. The fourth-order valence-electron chi connectivity index (χ4n) is 2.26. The minimum Gasteiger partial charge on any atom is -0.507 e. The Morgan fingerprint density at radius 3 is 3.00 bits per heavy atom. The van der Waals surface area contributed by atoms with Gasteiger partial charge in [0.25, 0.3) is 5.91 Å². The first-order chi connectivity index (χ1) is 11.2. The number of phenolic OH excluding ortho intramolecular Hbond substituents is 1. The molecular formula is C17H15N3O3. The number of nitrogens with zero attached hydrogens (tertiary/aromatic N) is 1. The number of hydrazone groups is 1. The van der Waals surface area contributed by atoms with Gasteiger partial charge in [-0.15, -0.1) is 0 Å². The molecule has 23 heavy (non-hydrogen) atoms. The average Bonchev–Trinajstić information content (AvgIpc) is 3.05. The molecule has 1 amide bonds. The fraction of sp³-hybridized carbons (Fsp3) is 0.0588. The van der Waals surface area contributed by atoms with Crippen molar-refractivity contribution in [3.05, 3.63) is 59.8 Å². The van der Waals surface area contributed by atoms with Gasteiger partial charge in [-0.2, -0.15) is 5.10 Å². The van der Waals surface area contributed by atoms with Crippen LogP contribution in [0.2, 0.25) is 0 Å². The molecule has 3 aromatic rings. The Morgan fingerprint density at radius 1 is 1.30 bits per heavy atom. The number of para-hydroxylation sites is 1. The molecule has 0 spiro atoms. The molecule has 6 nitrogen and oxygen atoms in total. The van der Waals surface area contributed by atoms with E-state index in [0.29, 0.717) is 16.9 Å². The number of aromatic hydroxyl groups is 1. The second-order valence-corrected chi connectivity index (χ2v) is 4.87. The summed E-state index contributed by atoms with van der Waals surface area (Å²) < 4.78 is 5.08. The number of benzene rings is 2. The molecule has 3 N–H and O–H groups in total. The topological polar surface area (TPSA) is 86.7 Å². The smallest absolute Gasteiger partial charge is 0.273 e. The maximum Gasteiger partial charge on any atom is 0.273 e. The Bertz CT molecular complexity index is 884. The Hall–Kier alpha value is -3.28. The number of fused-ring (bicyclic) bond motifs is 1. The number of rotatable bonds is 4. The highest BCUT2D eigenvalue weighted by atomic mass is 16.5. The van der Waals surface area contributed by atoms with E-state index in [9.17, 15) is 9.90 Å². The van der Waals surface area contributed by atoms with Gasteiger partial charge < -0.3 is 14.8 Å². The van der Waals surface area contributed by atoms with Gasteiger partial charge in [0, 0.05) is 17.1 Å². The summed E-state index contributed by atoms with van der Waals surface area (Å²) in [5, 5.41) is 14.6. The van der Waals surface area contributed by atoms with E-state index in [-0.39, 0.29) is 11.7 Å². The molecule has 0 aliphatic carbocycles. The lowest BCUT2D eigenvalue weighted by atomic mass is 10.1. The number of phenols is 1. The fourth-order valence-corrected chi connectivity index (χ4v) is 2.26. The second-order valence-electron chi connectivity index (χ2n) is 4.87. The summed E-state index contributed by atoms with van der Waals surface area (Å²) in [7, 11) is 1.53. The number of nitrogens with one attached hydrogen (secondary N) is 2. The predicted octanol–water partition coefficient (Wildman–Crippen LogP) is 2.65. The highest BCUT2D eigenvalue weighted by Gasteiger charge is 2.09. The SMILES string of the molecule is COc1ccc(O)c(/C=N/NC(=O)c2cccc3cc[nH]c23)c1. The van der Waals surface area contributed by atoms with Gasteiger partial charge >= 0.3 is 0 Å². The van der Waals surface area contributed by atoms with Crippen molar-refractivity contribution in [2.45, 2.75) is 0 Å². The van der Waals surface area contributed by atoms with Crippen molar-refractivity contribution in [1.82, 2.24) is 10.4 Å². The molecule has 0 fully saturated rings. The van der Waals surface area contributed by atoms with E-state index in [1.165, 1.54) is 19.4 Å². The third-order valence-corrected chi connectivity index (χ3v) is 3.44. The van der Waals surface area contributed by atoms with Crippen LogP contribution in [0.1, 0.15) is 15.9 Å². The molecule has 0 unspecified atom stereocenters. The van der Waals surface area contributed by atoms with Gasteiger partial charge in [-0.3, -0.25) is 4.79 Å². The summed E-state index contributed by atoms with van der Waals surface area (Å²) in [6.07, 6.45) is 3.14. The van der Waals surface area contributed by atoms with Gasteiger partial charge in [0.05, 0.1) is 24.4 Å². The third kappa shape index (κ3) is 3.01. The van der Waals surface area contributed by atoms with Crippen LogP contribution in [0, 0.1) is 0 Å². The Kier molecular flexibility index (Phi) is 3.97. The van der Waals surface area contributed by atoms with Crippen molar-refractivity contribution in [3.63, 3.8) is 0 Å². The van der Waals surface area contributed by atoms with Crippen LogP contribution >= 0.6 is 0 Å². The molecule has 0 atom stereocenters. The van der Waals surface area contributed by atoms with E-state index in [0.717, 1.165) is 10.9 Å². The van der Waals surface area contributed by atoms with Crippen LogP contribution in [-0.2, 0) is 0 Å². The zero-order valence-electron chi connectivity index (χ0n) is 12.4.